The Morgan fingerprint density at radius 3 is 2.67 bits per heavy atom. The third-order valence-corrected chi connectivity index (χ3v) is 6.90. The van der Waals surface area contributed by atoms with Gasteiger partial charge in [0, 0.05) is 11.5 Å². The van der Waals surface area contributed by atoms with Crippen molar-refractivity contribution < 1.29 is 14.3 Å². The lowest BCUT2D eigenvalue weighted by Gasteiger charge is -2.36. The van der Waals surface area contributed by atoms with E-state index in [1.807, 2.05) is 30.3 Å². The Balaban J connectivity index is 1.62. The highest BCUT2D eigenvalue weighted by Gasteiger charge is 2.72. The predicted octanol–water partition coefficient (Wildman–Crippen LogP) is 3.87. The second-order valence-corrected chi connectivity index (χ2v) is 8.03. The van der Waals surface area contributed by atoms with Crippen LogP contribution in [0.1, 0.15) is 39.2 Å². The largest absolute Gasteiger partial charge is 0.443 e. The number of ether oxygens (including phenoxy) is 1. The van der Waals surface area contributed by atoms with Gasteiger partial charge in [-0.15, -0.1) is 0 Å². The number of carbonyl (C=O) groups is 2. The second-order valence-electron chi connectivity index (χ2n) is 8.03. The van der Waals surface area contributed by atoms with Crippen LogP contribution in [0.3, 0.4) is 0 Å². The van der Waals surface area contributed by atoms with E-state index in [0.717, 1.165) is 18.4 Å². The van der Waals surface area contributed by atoms with Crippen molar-refractivity contribution in [2.45, 2.75) is 45.8 Å². The minimum Gasteiger partial charge on any atom is -0.443 e. The molecule has 2 amide bonds. The van der Waals surface area contributed by atoms with Crippen molar-refractivity contribution in [3.8, 4) is 0 Å². The second kappa shape index (κ2) is 4.95. The number of carbonyl (C=O) groups excluding carboxylic acids is 2. The fourth-order valence-electron chi connectivity index (χ4n) is 5.11. The minimum atomic E-state index is -0.485. The number of amides is 2. The lowest BCUT2D eigenvalue weighted by Crippen LogP contribution is -2.45. The lowest BCUT2D eigenvalue weighted by molar-refractivity contribution is -0.125. The van der Waals surface area contributed by atoms with Gasteiger partial charge in [0.2, 0.25) is 0 Å². The molecule has 4 atom stereocenters. The van der Waals surface area contributed by atoms with E-state index in [1.54, 1.807) is 6.08 Å². The SMILES string of the molecule is CC1(C)[C@H]2CC[C@]1(C)[C@@H]1OC(=O)N(C(=O)/C=C/c3ccccc3)[C@@H]12. The quantitative estimate of drug-likeness (QED) is 0.775. The molecular weight excluding hydrogens is 302 g/mol. The summed E-state index contributed by atoms with van der Waals surface area (Å²) in [6.07, 6.45) is 4.69. The highest BCUT2D eigenvalue weighted by Crippen LogP contribution is 2.68. The van der Waals surface area contributed by atoms with Crippen LogP contribution < -0.4 is 0 Å². The maximum atomic E-state index is 12.7. The molecule has 3 fully saturated rings. The summed E-state index contributed by atoms with van der Waals surface area (Å²) < 4.78 is 5.68. The molecule has 1 saturated heterocycles. The van der Waals surface area contributed by atoms with E-state index in [2.05, 4.69) is 20.8 Å². The summed E-state index contributed by atoms with van der Waals surface area (Å²) >= 11 is 0. The highest BCUT2D eigenvalue weighted by atomic mass is 16.6. The maximum Gasteiger partial charge on any atom is 0.417 e. The molecule has 4 heteroatoms. The smallest absolute Gasteiger partial charge is 0.417 e. The number of hydrogen-bond acceptors (Lipinski definition) is 3. The molecule has 1 aromatic carbocycles. The van der Waals surface area contributed by atoms with Gasteiger partial charge in [-0.05, 0) is 35.8 Å². The molecule has 1 heterocycles. The summed E-state index contributed by atoms with van der Waals surface area (Å²) in [7, 11) is 0. The predicted molar refractivity (Wildman–Crippen MR) is 91.0 cm³/mol. The average molecular weight is 325 g/mol. The summed E-state index contributed by atoms with van der Waals surface area (Å²) in [5, 5.41) is 0. The molecule has 2 bridgehead atoms. The van der Waals surface area contributed by atoms with Gasteiger partial charge in [-0.25, -0.2) is 9.69 Å². The maximum absolute atomic E-state index is 12.7. The van der Waals surface area contributed by atoms with E-state index in [-0.39, 0.29) is 28.9 Å². The molecular formula is C20H23NO3. The third kappa shape index (κ3) is 1.86. The van der Waals surface area contributed by atoms with E-state index in [9.17, 15) is 9.59 Å². The summed E-state index contributed by atoms with van der Waals surface area (Å²) in [4.78, 5) is 26.4. The van der Waals surface area contributed by atoms with Crippen LogP contribution in [0.15, 0.2) is 36.4 Å². The van der Waals surface area contributed by atoms with Crippen LogP contribution in [0.2, 0.25) is 0 Å². The molecule has 1 aliphatic heterocycles. The first kappa shape index (κ1) is 15.4. The van der Waals surface area contributed by atoms with Gasteiger partial charge in [-0.2, -0.15) is 0 Å². The molecule has 126 valence electrons. The Kier molecular flexibility index (Phi) is 3.18. The van der Waals surface area contributed by atoms with Gasteiger partial charge >= 0.3 is 6.09 Å². The molecule has 0 spiro atoms. The number of fused-ring (bicyclic) bond motifs is 5. The van der Waals surface area contributed by atoms with E-state index < -0.39 is 6.09 Å². The van der Waals surface area contributed by atoms with E-state index >= 15 is 0 Å². The van der Waals surface area contributed by atoms with Crippen LogP contribution in [0, 0.1) is 16.7 Å². The van der Waals surface area contributed by atoms with Gasteiger partial charge in [0.25, 0.3) is 5.91 Å². The molecule has 4 nitrogen and oxygen atoms in total. The van der Waals surface area contributed by atoms with E-state index in [0.29, 0.717) is 5.92 Å². The summed E-state index contributed by atoms with van der Waals surface area (Å²) in [5.74, 6) is 0.0383. The lowest BCUT2D eigenvalue weighted by atomic mass is 9.70. The number of rotatable bonds is 2. The zero-order chi connectivity index (χ0) is 17.1. The first-order valence-corrected chi connectivity index (χ1v) is 8.63. The van der Waals surface area contributed by atoms with Crippen LogP contribution in [-0.2, 0) is 9.53 Å². The van der Waals surface area contributed by atoms with E-state index in [1.165, 1.54) is 11.0 Å². The van der Waals surface area contributed by atoms with Gasteiger partial charge in [-0.3, -0.25) is 4.79 Å². The van der Waals surface area contributed by atoms with Crippen molar-refractivity contribution in [3.63, 3.8) is 0 Å². The summed E-state index contributed by atoms with van der Waals surface area (Å²) in [5.41, 5.74) is 0.969. The third-order valence-electron chi connectivity index (χ3n) is 6.90. The molecule has 0 aromatic heterocycles. The number of hydrogen-bond donors (Lipinski definition) is 0. The van der Waals surface area contributed by atoms with Crippen molar-refractivity contribution in [2.75, 3.05) is 0 Å². The zero-order valence-corrected chi connectivity index (χ0v) is 14.4. The van der Waals surface area contributed by atoms with Crippen LogP contribution >= 0.6 is 0 Å². The Bertz CT molecular complexity index is 724. The fraction of sp³-hybridized carbons (Fsp3) is 0.500. The van der Waals surface area contributed by atoms with Crippen molar-refractivity contribution in [3.05, 3.63) is 42.0 Å². The van der Waals surface area contributed by atoms with Crippen molar-refractivity contribution in [1.82, 2.24) is 4.90 Å². The Morgan fingerprint density at radius 2 is 1.96 bits per heavy atom. The van der Waals surface area contributed by atoms with Crippen LogP contribution in [0.25, 0.3) is 6.08 Å². The Morgan fingerprint density at radius 1 is 1.25 bits per heavy atom. The zero-order valence-electron chi connectivity index (χ0n) is 14.4. The molecule has 0 radical (unpaired) electrons. The van der Waals surface area contributed by atoms with Gasteiger partial charge in [0.15, 0.2) is 0 Å². The number of nitrogens with zero attached hydrogens (tertiary/aromatic N) is 1. The molecule has 1 aromatic rings. The number of imide groups is 1. The minimum absolute atomic E-state index is 0.0455. The van der Waals surface area contributed by atoms with Crippen molar-refractivity contribution in [1.29, 1.82) is 0 Å². The van der Waals surface area contributed by atoms with Crippen LogP contribution in [-0.4, -0.2) is 29.0 Å². The average Bonchev–Trinajstić information content (AvgIpc) is 3.07. The monoisotopic (exact) mass is 325 g/mol. The summed E-state index contributed by atoms with van der Waals surface area (Å²) in [6.45, 7) is 6.71. The van der Waals surface area contributed by atoms with Gasteiger partial charge in [0.1, 0.15) is 6.10 Å². The van der Waals surface area contributed by atoms with Crippen LogP contribution in [0.4, 0.5) is 4.79 Å². The Labute approximate surface area is 142 Å². The number of benzene rings is 1. The van der Waals surface area contributed by atoms with Crippen molar-refractivity contribution >= 4 is 18.1 Å². The highest BCUT2D eigenvalue weighted by molar-refractivity contribution is 6.02. The molecule has 2 aliphatic carbocycles. The standard InChI is InChI=1S/C20H23NO3/c1-19(2)14-11-12-20(19,3)17-16(14)21(18(23)24-17)15(22)10-9-13-7-5-4-6-8-13/h4-10,14,16-17H,11-12H2,1-3H3/b10-9+/t14-,16+,17+,20+/m0/s1. The van der Waals surface area contributed by atoms with Gasteiger partial charge in [-0.1, -0.05) is 51.1 Å². The van der Waals surface area contributed by atoms with Crippen molar-refractivity contribution in [2.24, 2.45) is 16.7 Å². The fourth-order valence-corrected chi connectivity index (χ4v) is 5.11. The molecule has 24 heavy (non-hydrogen) atoms. The van der Waals surface area contributed by atoms with Gasteiger partial charge < -0.3 is 4.74 Å². The van der Waals surface area contributed by atoms with Gasteiger partial charge in [0.05, 0.1) is 6.04 Å². The van der Waals surface area contributed by atoms with Crippen LogP contribution in [0.5, 0.6) is 0 Å². The molecule has 4 rings (SSSR count). The normalized spacial score (nSPS) is 36.2. The Hall–Kier alpha value is -2.10. The first-order valence-electron chi connectivity index (χ1n) is 8.63. The molecule has 2 saturated carbocycles. The molecule has 0 unspecified atom stereocenters. The molecule has 3 aliphatic rings. The summed E-state index contributed by atoms with van der Waals surface area (Å²) in [6, 6.07) is 9.50. The topological polar surface area (TPSA) is 46.6 Å². The molecule has 0 N–H and O–H groups in total. The first-order chi connectivity index (χ1) is 11.4. The van der Waals surface area contributed by atoms with E-state index in [4.69, 9.17) is 4.74 Å².